The van der Waals surface area contributed by atoms with E-state index in [-0.39, 0.29) is 6.16 Å². The van der Waals surface area contributed by atoms with Crippen LogP contribution >= 0.6 is 18.9 Å². The van der Waals surface area contributed by atoms with Crippen molar-refractivity contribution in [1.82, 2.24) is 5.48 Å². The van der Waals surface area contributed by atoms with Gasteiger partial charge in [0.2, 0.25) is 0 Å². The molecule has 8 heteroatoms. The number of hydrogen-bond acceptors (Lipinski definition) is 7. The number of nitrogens with zero attached hydrogens (tertiary/aromatic N) is 1. The van der Waals surface area contributed by atoms with E-state index in [0.717, 1.165) is 4.88 Å². The third-order valence-corrected chi connectivity index (χ3v) is 5.30. The molecule has 1 aliphatic heterocycles. The molecular weight excluding hydrogens is 287 g/mol. The Hall–Kier alpha value is -0.720. The molecule has 0 saturated heterocycles. The summed E-state index contributed by atoms with van der Waals surface area (Å²) in [5.74, 6) is 0.513. The largest absolute Gasteiger partial charge is 0.385 e. The fraction of sp³-hybridized carbons (Fsp3) is 0.545. The lowest BCUT2D eigenvalue weighted by Gasteiger charge is -2.18. The van der Waals surface area contributed by atoms with Crippen molar-refractivity contribution in [2.75, 3.05) is 19.4 Å². The second-order valence-electron chi connectivity index (χ2n) is 3.78. The summed E-state index contributed by atoms with van der Waals surface area (Å²) in [7, 11) is -3.12. The van der Waals surface area contributed by atoms with E-state index in [1.807, 2.05) is 17.5 Å². The van der Waals surface area contributed by atoms with E-state index >= 15 is 0 Å². The molecule has 0 amide bonds. The van der Waals surface area contributed by atoms with E-state index in [9.17, 15) is 4.57 Å². The van der Waals surface area contributed by atoms with Crippen LogP contribution in [-0.2, 0) is 18.5 Å². The van der Waals surface area contributed by atoms with Crippen LogP contribution in [0.4, 0.5) is 0 Å². The van der Waals surface area contributed by atoms with Crippen LogP contribution in [0.25, 0.3) is 0 Å². The molecule has 2 rings (SSSR count). The summed E-state index contributed by atoms with van der Waals surface area (Å²) in [5, 5.41) is 1.94. The van der Waals surface area contributed by atoms with Gasteiger partial charge in [-0.1, -0.05) is 6.07 Å². The van der Waals surface area contributed by atoms with Gasteiger partial charge < -0.3 is 13.9 Å². The highest BCUT2D eigenvalue weighted by atomic mass is 32.1. The Kier molecular flexibility index (Phi) is 5.13. The first-order valence-electron chi connectivity index (χ1n) is 6.09. The first kappa shape index (κ1) is 14.7. The number of hydrogen-bond donors (Lipinski definition) is 1. The Morgan fingerprint density at radius 2 is 2.21 bits per heavy atom. The second-order valence-corrected chi connectivity index (χ2v) is 6.83. The van der Waals surface area contributed by atoms with E-state index in [1.54, 1.807) is 13.8 Å². The molecule has 2 heterocycles. The summed E-state index contributed by atoms with van der Waals surface area (Å²) in [6, 6.07) is 3.84. The number of nitrogens with one attached hydrogen (secondary N) is 1. The van der Waals surface area contributed by atoms with Crippen LogP contribution in [0.2, 0.25) is 0 Å². The van der Waals surface area contributed by atoms with Gasteiger partial charge in [-0.15, -0.1) is 16.8 Å². The Morgan fingerprint density at radius 1 is 1.47 bits per heavy atom. The maximum atomic E-state index is 12.4. The fourth-order valence-electron chi connectivity index (χ4n) is 1.66. The molecule has 0 saturated carbocycles. The zero-order valence-electron chi connectivity index (χ0n) is 10.9. The van der Waals surface area contributed by atoms with Crippen LogP contribution in [-0.4, -0.2) is 31.4 Å². The van der Waals surface area contributed by atoms with Crippen LogP contribution in [0.1, 0.15) is 18.7 Å². The number of hydroxylamine groups is 1. The first-order valence-corrected chi connectivity index (χ1v) is 8.70. The van der Waals surface area contributed by atoms with Crippen molar-refractivity contribution in [2.24, 2.45) is 4.99 Å². The van der Waals surface area contributed by atoms with Crippen LogP contribution in [0.3, 0.4) is 0 Å². The van der Waals surface area contributed by atoms with Crippen molar-refractivity contribution in [3.63, 3.8) is 0 Å². The molecule has 1 atom stereocenters. The van der Waals surface area contributed by atoms with Crippen molar-refractivity contribution < 1.29 is 18.5 Å². The van der Waals surface area contributed by atoms with Gasteiger partial charge >= 0.3 is 7.60 Å². The van der Waals surface area contributed by atoms with Crippen LogP contribution in [0.5, 0.6) is 0 Å². The third-order valence-electron chi connectivity index (χ3n) is 2.34. The Bertz CT molecular complexity index is 467. The average molecular weight is 304 g/mol. The van der Waals surface area contributed by atoms with Crippen molar-refractivity contribution in [3.8, 4) is 0 Å². The molecule has 6 nitrogen and oxygen atoms in total. The lowest BCUT2D eigenvalue weighted by Crippen LogP contribution is -2.26. The summed E-state index contributed by atoms with van der Waals surface area (Å²) in [6.07, 6.45) is -0.259. The third kappa shape index (κ3) is 3.87. The standard InChI is InChI=1S/C11H17N2O4PS/c1-3-15-18(14,16-4-2)8-10-12-11(17-13-10)9-6-5-7-19-9/h5-7,10,13H,3-4,8H2,1-2H3. The molecule has 19 heavy (non-hydrogen) atoms. The first-order chi connectivity index (χ1) is 9.17. The van der Waals surface area contributed by atoms with Gasteiger partial charge in [0.05, 0.1) is 24.3 Å². The smallest absolute Gasteiger partial charge is 0.334 e. The molecule has 0 aromatic carbocycles. The normalized spacial score (nSPS) is 19.3. The predicted octanol–water partition coefficient (Wildman–Crippen LogP) is 2.62. The Balaban J connectivity index is 2.02. The SMILES string of the molecule is CCOP(=O)(CC1N=C(c2cccs2)ON1)OCC. The minimum absolute atomic E-state index is 0.156. The van der Waals surface area contributed by atoms with Gasteiger partial charge in [-0.2, -0.15) is 0 Å². The molecule has 0 bridgehead atoms. The van der Waals surface area contributed by atoms with Gasteiger partial charge in [0.15, 0.2) is 0 Å². The molecule has 0 radical (unpaired) electrons. The molecule has 0 spiro atoms. The van der Waals surface area contributed by atoms with Crippen molar-refractivity contribution >= 4 is 24.8 Å². The Morgan fingerprint density at radius 3 is 2.79 bits per heavy atom. The summed E-state index contributed by atoms with van der Waals surface area (Å²) < 4.78 is 22.8. The minimum Gasteiger partial charge on any atom is -0.385 e. The van der Waals surface area contributed by atoms with Crippen LogP contribution in [0.15, 0.2) is 22.5 Å². The molecule has 0 aliphatic carbocycles. The Labute approximate surface area is 116 Å². The molecular formula is C11H17N2O4PS. The van der Waals surface area contributed by atoms with Crippen molar-refractivity contribution in [3.05, 3.63) is 22.4 Å². The zero-order valence-corrected chi connectivity index (χ0v) is 12.6. The van der Waals surface area contributed by atoms with Gasteiger partial charge in [-0.25, -0.2) is 4.99 Å². The minimum atomic E-state index is -3.12. The fourth-order valence-corrected chi connectivity index (χ4v) is 3.97. The lowest BCUT2D eigenvalue weighted by atomic mass is 10.5. The maximum absolute atomic E-state index is 12.4. The van der Waals surface area contributed by atoms with Gasteiger partial charge in [-0.3, -0.25) is 4.57 Å². The van der Waals surface area contributed by atoms with Crippen LogP contribution in [0, 0.1) is 0 Å². The molecule has 1 aliphatic rings. The molecule has 106 valence electrons. The molecule has 1 N–H and O–H groups in total. The van der Waals surface area contributed by atoms with Crippen LogP contribution < -0.4 is 5.48 Å². The maximum Gasteiger partial charge on any atom is 0.334 e. The molecule has 1 unspecified atom stereocenters. The summed E-state index contributed by atoms with van der Waals surface area (Å²) >= 11 is 1.53. The van der Waals surface area contributed by atoms with E-state index < -0.39 is 13.8 Å². The molecule has 0 fully saturated rings. The highest BCUT2D eigenvalue weighted by Crippen LogP contribution is 2.48. The summed E-state index contributed by atoms with van der Waals surface area (Å²) in [4.78, 5) is 10.6. The highest BCUT2D eigenvalue weighted by molar-refractivity contribution is 7.53. The van der Waals surface area contributed by atoms with Gasteiger partial charge in [-0.05, 0) is 25.3 Å². The summed E-state index contributed by atoms with van der Waals surface area (Å²) in [6.45, 7) is 4.24. The zero-order chi connectivity index (χ0) is 13.7. The monoisotopic (exact) mass is 304 g/mol. The predicted molar refractivity (Wildman–Crippen MR) is 74.6 cm³/mol. The van der Waals surface area contributed by atoms with E-state index in [0.29, 0.717) is 19.1 Å². The second kappa shape index (κ2) is 6.63. The number of rotatable bonds is 7. The van der Waals surface area contributed by atoms with Gasteiger partial charge in [0, 0.05) is 0 Å². The highest BCUT2D eigenvalue weighted by Gasteiger charge is 2.32. The molecule has 1 aromatic heterocycles. The average Bonchev–Trinajstić information content (AvgIpc) is 2.98. The van der Waals surface area contributed by atoms with E-state index in [2.05, 4.69) is 10.5 Å². The van der Waals surface area contributed by atoms with Gasteiger partial charge in [0.1, 0.15) is 6.17 Å². The topological polar surface area (TPSA) is 69.2 Å². The number of aliphatic imine (C=N–C) groups is 1. The molecule has 1 aromatic rings. The van der Waals surface area contributed by atoms with Gasteiger partial charge in [0.25, 0.3) is 5.90 Å². The summed E-state index contributed by atoms with van der Waals surface area (Å²) in [5.41, 5.74) is 2.74. The van der Waals surface area contributed by atoms with Crippen molar-refractivity contribution in [1.29, 1.82) is 0 Å². The number of thiophene rings is 1. The lowest BCUT2D eigenvalue weighted by molar-refractivity contribution is 0.175. The van der Waals surface area contributed by atoms with E-state index in [4.69, 9.17) is 13.9 Å². The quantitative estimate of drug-likeness (QED) is 0.784. The van der Waals surface area contributed by atoms with E-state index in [1.165, 1.54) is 11.3 Å². The van der Waals surface area contributed by atoms with Crippen molar-refractivity contribution in [2.45, 2.75) is 20.0 Å².